The summed E-state index contributed by atoms with van der Waals surface area (Å²) in [7, 11) is 1.56. The largest absolute Gasteiger partial charge is 0.496 e. The molecule has 0 aromatic carbocycles. The molecular weight excluding hydrogens is 294 g/mol. The quantitative estimate of drug-likeness (QED) is 0.782. The maximum Gasteiger partial charge on any atom is 0.322 e. The minimum absolute atomic E-state index is 0.0668. The standard InChI is InChI=1S/C13H15N3O4S/c1-20-8-6-9(21-7-8)10(17)16-4-2-13(3-5-16)11(18)14-12(19)15-13/h6-7H,2-5H2,1H3,(H2,14,15,18,19). The molecule has 2 aliphatic rings. The molecule has 2 saturated heterocycles. The molecule has 0 bridgehead atoms. The van der Waals surface area contributed by atoms with Crippen LogP contribution in [0.3, 0.4) is 0 Å². The highest BCUT2D eigenvalue weighted by Crippen LogP contribution is 2.28. The van der Waals surface area contributed by atoms with E-state index in [1.165, 1.54) is 11.3 Å². The van der Waals surface area contributed by atoms with Crippen LogP contribution in [0, 0.1) is 0 Å². The number of urea groups is 1. The number of carbonyl (C=O) groups excluding carboxylic acids is 3. The van der Waals surface area contributed by atoms with E-state index in [0.717, 1.165) is 0 Å². The lowest BCUT2D eigenvalue weighted by molar-refractivity contribution is -0.125. The number of piperidine rings is 1. The number of rotatable bonds is 2. The summed E-state index contributed by atoms with van der Waals surface area (Å²) in [5.74, 6) is 0.305. The van der Waals surface area contributed by atoms with E-state index < -0.39 is 11.6 Å². The van der Waals surface area contributed by atoms with Gasteiger partial charge in [-0.2, -0.15) is 0 Å². The second-order valence-electron chi connectivity index (χ2n) is 5.13. The lowest BCUT2D eigenvalue weighted by atomic mass is 9.87. The van der Waals surface area contributed by atoms with Gasteiger partial charge in [-0.3, -0.25) is 14.9 Å². The molecule has 0 saturated carbocycles. The van der Waals surface area contributed by atoms with Crippen molar-refractivity contribution in [2.24, 2.45) is 0 Å². The SMILES string of the molecule is COc1csc(C(=O)N2CCC3(CC2)NC(=O)NC3=O)c1. The van der Waals surface area contributed by atoms with Crippen LogP contribution in [0.2, 0.25) is 0 Å². The van der Waals surface area contributed by atoms with Crippen molar-refractivity contribution in [1.82, 2.24) is 15.5 Å². The van der Waals surface area contributed by atoms with Gasteiger partial charge in [0.2, 0.25) is 0 Å². The number of ether oxygens (including phenoxy) is 1. The Bertz CT molecular complexity index is 604. The monoisotopic (exact) mass is 309 g/mol. The van der Waals surface area contributed by atoms with Gasteiger partial charge in [0, 0.05) is 24.5 Å². The van der Waals surface area contributed by atoms with Crippen LogP contribution in [-0.2, 0) is 4.79 Å². The summed E-state index contributed by atoms with van der Waals surface area (Å²) in [6.07, 6.45) is 0.859. The fraction of sp³-hybridized carbons (Fsp3) is 0.462. The minimum atomic E-state index is -0.846. The molecule has 3 rings (SSSR count). The lowest BCUT2D eigenvalue weighted by Gasteiger charge is -2.36. The third-order valence-corrected chi connectivity index (χ3v) is 4.84. The smallest absolute Gasteiger partial charge is 0.322 e. The molecule has 0 radical (unpaired) electrons. The van der Waals surface area contributed by atoms with Crippen molar-refractivity contribution in [2.45, 2.75) is 18.4 Å². The van der Waals surface area contributed by atoms with Crippen LogP contribution >= 0.6 is 11.3 Å². The van der Waals surface area contributed by atoms with Crippen molar-refractivity contribution in [3.05, 3.63) is 16.3 Å². The summed E-state index contributed by atoms with van der Waals surface area (Å²) in [4.78, 5) is 37.8. The van der Waals surface area contributed by atoms with Gasteiger partial charge in [-0.05, 0) is 12.8 Å². The fourth-order valence-electron chi connectivity index (χ4n) is 2.67. The van der Waals surface area contributed by atoms with Crippen LogP contribution in [0.1, 0.15) is 22.5 Å². The first-order valence-corrected chi connectivity index (χ1v) is 7.47. The van der Waals surface area contributed by atoms with Crippen LogP contribution in [-0.4, -0.2) is 48.5 Å². The molecule has 1 aromatic heterocycles. The molecule has 0 atom stereocenters. The number of thiophene rings is 1. The van der Waals surface area contributed by atoms with E-state index in [0.29, 0.717) is 36.6 Å². The fourth-order valence-corrected chi connectivity index (χ4v) is 3.49. The Balaban J connectivity index is 1.67. The Morgan fingerprint density at radius 1 is 1.38 bits per heavy atom. The normalized spacial score (nSPS) is 20.3. The van der Waals surface area contributed by atoms with Crippen molar-refractivity contribution in [3.63, 3.8) is 0 Å². The van der Waals surface area contributed by atoms with E-state index in [2.05, 4.69) is 10.6 Å². The summed E-state index contributed by atoms with van der Waals surface area (Å²) in [5, 5.41) is 6.71. The van der Waals surface area contributed by atoms with E-state index >= 15 is 0 Å². The lowest BCUT2D eigenvalue weighted by Crippen LogP contribution is -2.55. The predicted molar refractivity (Wildman–Crippen MR) is 75.4 cm³/mol. The number of carbonyl (C=O) groups is 3. The summed E-state index contributed by atoms with van der Waals surface area (Å²) >= 11 is 1.34. The number of hydrogen-bond donors (Lipinski definition) is 2. The van der Waals surface area contributed by atoms with Crippen LogP contribution < -0.4 is 15.4 Å². The highest BCUT2D eigenvalue weighted by Gasteiger charge is 2.48. The van der Waals surface area contributed by atoms with Gasteiger partial charge in [-0.15, -0.1) is 11.3 Å². The van der Waals surface area contributed by atoms with E-state index in [9.17, 15) is 14.4 Å². The minimum Gasteiger partial charge on any atom is -0.496 e. The molecule has 2 N–H and O–H groups in total. The average Bonchev–Trinajstić information content (AvgIpc) is 3.05. The highest BCUT2D eigenvalue weighted by molar-refractivity contribution is 7.12. The second-order valence-corrected chi connectivity index (χ2v) is 6.04. The Labute approximate surface area is 125 Å². The number of nitrogens with zero attached hydrogens (tertiary/aromatic N) is 1. The van der Waals surface area contributed by atoms with Crippen molar-refractivity contribution >= 4 is 29.2 Å². The molecule has 7 nitrogen and oxygen atoms in total. The number of likely N-dealkylation sites (tertiary alicyclic amines) is 1. The molecular formula is C13H15N3O4S. The van der Waals surface area contributed by atoms with Crippen LogP contribution in [0.25, 0.3) is 0 Å². The zero-order chi connectivity index (χ0) is 15.0. The van der Waals surface area contributed by atoms with Gasteiger partial charge in [-0.25, -0.2) is 4.79 Å². The summed E-state index contributed by atoms with van der Waals surface area (Å²) < 4.78 is 5.07. The van der Waals surface area contributed by atoms with E-state index in [4.69, 9.17) is 4.74 Å². The van der Waals surface area contributed by atoms with E-state index in [-0.39, 0.29) is 11.8 Å². The molecule has 1 aromatic rings. The van der Waals surface area contributed by atoms with Crippen molar-refractivity contribution in [1.29, 1.82) is 0 Å². The molecule has 4 amide bonds. The number of imide groups is 1. The molecule has 2 aliphatic heterocycles. The Morgan fingerprint density at radius 3 is 2.62 bits per heavy atom. The first-order valence-electron chi connectivity index (χ1n) is 6.59. The van der Waals surface area contributed by atoms with Crippen LogP contribution in [0.15, 0.2) is 11.4 Å². The molecule has 2 fully saturated rings. The van der Waals surface area contributed by atoms with Crippen molar-refractivity contribution < 1.29 is 19.1 Å². The zero-order valence-corrected chi connectivity index (χ0v) is 12.3. The van der Waals surface area contributed by atoms with Gasteiger partial charge in [0.05, 0.1) is 12.0 Å². The average molecular weight is 309 g/mol. The van der Waals surface area contributed by atoms with E-state index in [1.54, 1.807) is 23.5 Å². The number of hydrogen-bond acceptors (Lipinski definition) is 5. The Kier molecular flexibility index (Phi) is 3.32. The zero-order valence-electron chi connectivity index (χ0n) is 11.5. The second kappa shape index (κ2) is 5.03. The molecule has 112 valence electrons. The highest BCUT2D eigenvalue weighted by atomic mass is 32.1. The topological polar surface area (TPSA) is 87.7 Å². The van der Waals surface area contributed by atoms with E-state index in [1.807, 2.05) is 0 Å². The first-order chi connectivity index (χ1) is 10.0. The van der Waals surface area contributed by atoms with Gasteiger partial charge >= 0.3 is 6.03 Å². The van der Waals surface area contributed by atoms with Crippen LogP contribution in [0.4, 0.5) is 4.79 Å². The van der Waals surface area contributed by atoms with Gasteiger partial charge in [-0.1, -0.05) is 0 Å². The molecule has 8 heteroatoms. The molecule has 1 spiro atoms. The summed E-state index contributed by atoms with van der Waals surface area (Å²) in [6, 6.07) is 1.25. The third kappa shape index (κ3) is 2.35. The predicted octanol–water partition coefficient (Wildman–Crippen LogP) is 0.571. The first kappa shape index (κ1) is 13.9. The van der Waals surface area contributed by atoms with Gasteiger partial charge in [0.25, 0.3) is 11.8 Å². The Hall–Kier alpha value is -2.09. The Morgan fingerprint density at radius 2 is 2.10 bits per heavy atom. The van der Waals surface area contributed by atoms with Crippen molar-refractivity contribution in [2.75, 3.05) is 20.2 Å². The maximum absolute atomic E-state index is 12.4. The molecule has 0 unspecified atom stereocenters. The van der Waals surface area contributed by atoms with Gasteiger partial charge in [0.15, 0.2) is 0 Å². The van der Waals surface area contributed by atoms with Gasteiger partial charge in [0.1, 0.15) is 11.3 Å². The number of methoxy groups -OCH3 is 1. The summed E-state index contributed by atoms with van der Waals surface area (Å²) in [5.41, 5.74) is -0.846. The molecule has 3 heterocycles. The summed E-state index contributed by atoms with van der Waals surface area (Å²) in [6.45, 7) is 0.875. The maximum atomic E-state index is 12.4. The van der Waals surface area contributed by atoms with Gasteiger partial charge < -0.3 is 15.0 Å². The van der Waals surface area contributed by atoms with Crippen LogP contribution in [0.5, 0.6) is 5.75 Å². The molecule has 21 heavy (non-hydrogen) atoms. The number of nitrogens with one attached hydrogen (secondary N) is 2. The third-order valence-electron chi connectivity index (χ3n) is 3.94. The number of amides is 4. The molecule has 0 aliphatic carbocycles. The van der Waals surface area contributed by atoms with Crippen molar-refractivity contribution in [3.8, 4) is 5.75 Å².